The molecule has 0 spiro atoms. The molecule has 3 N–H and O–H groups in total. The molecule has 2 atom stereocenters. The largest absolute Gasteiger partial charge is 0.392 e. The first kappa shape index (κ1) is 14.9. The Morgan fingerprint density at radius 1 is 1.32 bits per heavy atom. The van der Waals surface area contributed by atoms with Crippen LogP contribution in [-0.4, -0.2) is 47.4 Å². The number of nitrogens with two attached hydrogens (primary N) is 1. The number of amides is 1. The predicted octanol–water partition coefficient (Wildman–Crippen LogP) is -0.156. The lowest BCUT2D eigenvalue weighted by Crippen LogP contribution is -2.43. The van der Waals surface area contributed by atoms with Crippen molar-refractivity contribution in [3.63, 3.8) is 0 Å². The molecule has 0 saturated carbocycles. The van der Waals surface area contributed by atoms with Crippen LogP contribution in [0.15, 0.2) is 41.4 Å². The molecule has 0 aliphatic carbocycles. The molecule has 22 heavy (non-hydrogen) atoms. The highest BCUT2D eigenvalue weighted by Crippen LogP contribution is 2.30. The number of carbonyl (C=O) groups is 1. The van der Waals surface area contributed by atoms with Crippen LogP contribution in [0.1, 0.15) is 6.42 Å². The van der Waals surface area contributed by atoms with Crippen LogP contribution in [0.4, 0.5) is 0 Å². The number of aromatic nitrogens is 1. The van der Waals surface area contributed by atoms with Crippen molar-refractivity contribution in [2.75, 3.05) is 6.54 Å². The highest BCUT2D eigenvalue weighted by Gasteiger charge is 2.43. The molecular weight excluding hydrogens is 306 g/mol. The van der Waals surface area contributed by atoms with Gasteiger partial charge >= 0.3 is 0 Å². The second kappa shape index (κ2) is 5.31. The van der Waals surface area contributed by atoms with Crippen molar-refractivity contribution in [1.29, 1.82) is 0 Å². The van der Waals surface area contributed by atoms with Crippen molar-refractivity contribution in [2.24, 2.45) is 5.73 Å². The van der Waals surface area contributed by atoms with Gasteiger partial charge in [-0.2, -0.15) is 4.31 Å². The Morgan fingerprint density at radius 2 is 2.09 bits per heavy atom. The topological polar surface area (TPSA) is 114 Å². The minimum Gasteiger partial charge on any atom is -0.392 e. The molecule has 1 aromatic carbocycles. The molecule has 8 heteroatoms. The molecule has 1 aliphatic heterocycles. The number of pyridine rings is 1. The molecule has 1 aliphatic rings. The highest BCUT2D eigenvalue weighted by atomic mass is 32.2. The summed E-state index contributed by atoms with van der Waals surface area (Å²) in [6, 6.07) is 7.02. The molecule has 7 nitrogen and oxygen atoms in total. The molecule has 2 heterocycles. The fourth-order valence-corrected chi connectivity index (χ4v) is 4.58. The fourth-order valence-electron chi connectivity index (χ4n) is 2.73. The third-order valence-electron chi connectivity index (χ3n) is 3.75. The van der Waals surface area contributed by atoms with E-state index in [4.69, 9.17) is 5.73 Å². The van der Waals surface area contributed by atoms with Crippen molar-refractivity contribution < 1.29 is 18.3 Å². The molecule has 2 unspecified atom stereocenters. The number of fused-ring (bicyclic) bond motifs is 1. The average Bonchev–Trinajstić information content (AvgIpc) is 2.90. The summed E-state index contributed by atoms with van der Waals surface area (Å²) in [6.45, 7) is -0.146. The third-order valence-corrected chi connectivity index (χ3v) is 5.69. The molecule has 1 amide bonds. The Hall–Kier alpha value is -2.03. The average molecular weight is 321 g/mol. The smallest absolute Gasteiger partial charge is 0.244 e. The first-order chi connectivity index (χ1) is 10.4. The predicted molar refractivity (Wildman–Crippen MR) is 79.2 cm³/mol. The molecule has 1 saturated heterocycles. The molecule has 0 bridgehead atoms. The zero-order valence-electron chi connectivity index (χ0n) is 11.6. The van der Waals surface area contributed by atoms with Crippen LogP contribution in [-0.2, 0) is 14.8 Å². The maximum absolute atomic E-state index is 12.9. The van der Waals surface area contributed by atoms with Crippen LogP contribution >= 0.6 is 0 Å². The lowest BCUT2D eigenvalue weighted by Gasteiger charge is -2.22. The zero-order valence-corrected chi connectivity index (χ0v) is 12.4. The standard InChI is InChI=1S/C14H15N3O4S/c15-14(19)12-7-9(18)8-17(12)22(20,21)13-5-1-4-11-10(13)3-2-6-16-11/h1-6,9,12,18H,7-8H2,(H2,15,19). The Bertz CT molecular complexity index is 832. The maximum Gasteiger partial charge on any atom is 0.244 e. The van der Waals surface area contributed by atoms with Gasteiger partial charge in [-0.15, -0.1) is 0 Å². The van der Waals surface area contributed by atoms with Crippen LogP contribution in [0, 0.1) is 0 Å². The normalized spacial score (nSPS) is 23.0. The molecule has 1 fully saturated rings. The van der Waals surface area contributed by atoms with Crippen molar-refractivity contribution in [2.45, 2.75) is 23.5 Å². The first-order valence-corrected chi connectivity index (χ1v) is 8.18. The van der Waals surface area contributed by atoms with Gasteiger partial charge in [0.25, 0.3) is 0 Å². The van der Waals surface area contributed by atoms with E-state index in [0.717, 1.165) is 4.31 Å². The van der Waals surface area contributed by atoms with Gasteiger partial charge < -0.3 is 10.8 Å². The number of primary amides is 1. The molecule has 1 aromatic heterocycles. The third kappa shape index (κ3) is 2.35. The van der Waals surface area contributed by atoms with Gasteiger partial charge in [0.2, 0.25) is 15.9 Å². The number of hydrogen-bond donors (Lipinski definition) is 2. The molecule has 2 aromatic rings. The number of nitrogens with zero attached hydrogens (tertiary/aromatic N) is 2. The van der Waals surface area contributed by atoms with Gasteiger partial charge in [-0.25, -0.2) is 8.42 Å². The number of rotatable bonds is 3. The number of hydrogen-bond acceptors (Lipinski definition) is 5. The van der Waals surface area contributed by atoms with E-state index in [2.05, 4.69) is 4.98 Å². The lowest BCUT2D eigenvalue weighted by atomic mass is 10.2. The number of carbonyl (C=O) groups excluding carboxylic acids is 1. The number of sulfonamides is 1. The molecule has 0 radical (unpaired) electrons. The zero-order chi connectivity index (χ0) is 15.9. The van der Waals surface area contributed by atoms with Gasteiger partial charge in [-0.05, 0) is 24.3 Å². The Balaban J connectivity index is 2.14. The minimum absolute atomic E-state index is 0.0115. The van der Waals surface area contributed by atoms with Crippen molar-refractivity contribution in [3.8, 4) is 0 Å². The number of aliphatic hydroxyl groups is 1. The second-order valence-electron chi connectivity index (χ2n) is 5.21. The summed E-state index contributed by atoms with van der Waals surface area (Å²) in [7, 11) is -3.96. The van der Waals surface area contributed by atoms with Gasteiger partial charge in [0.1, 0.15) is 6.04 Å². The van der Waals surface area contributed by atoms with Crippen LogP contribution in [0.25, 0.3) is 10.9 Å². The fraction of sp³-hybridized carbons (Fsp3) is 0.286. The van der Waals surface area contributed by atoms with E-state index in [0.29, 0.717) is 10.9 Å². The number of aliphatic hydroxyl groups excluding tert-OH is 1. The monoisotopic (exact) mass is 321 g/mol. The van der Waals surface area contributed by atoms with E-state index in [9.17, 15) is 18.3 Å². The summed E-state index contributed by atoms with van der Waals surface area (Å²) in [5, 5.41) is 10.2. The van der Waals surface area contributed by atoms with Gasteiger partial charge in [0, 0.05) is 24.5 Å². The summed E-state index contributed by atoms with van der Waals surface area (Å²) >= 11 is 0. The molecule has 3 rings (SSSR count). The van der Waals surface area contributed by atoms with Crippen molar-refractivity contribution in [1.82, 2.24) is 9.29 Å². The van der Waals surface area contributed by atoms with Gasteiger partial charge in [0.05, 0.1) is 16.5 Å². The Labute approximate surface area is 127 Å². The van der Waals surface area contributed by atoms with E-state index >= 15 is 0 Å². The summed E-state index contributed by atoms with van der Waals surface area (Å²) < 4.78 is 26.8. The SMILES string of the molecule is NC(=O)C1CC(O)CN1S(=O)(=O)c1cccc2ncccc12. The van der Waals surface area contributed by atoms with E-state index in [1.54, 1.807) is 30.5 Å². The minimum atomic E-state index is -3.96. The van der Waals surface area contributed by atoms with Crippen molar-refractivity contribution >= 4 is 26.8 Å². The number of β-amino-alcohol motifs (C(OH)–C–C–N with tert-alkyl or cyclic N) is 1. The van der Waals surface area contributed by atoms with E-state index < -0.39 is 28.1 Å². The molecular formula is C14H15N3O4S. The van der Waals surface area contributed by atoms with E-state index in [-0.39, 0.29) is 17.9 Å². The number of benzene rings is 1. The van der Waals surface area contributed by atoms with Crippen LogP contribution in [0.3, 0.4) is 0 Å². The van der Waals surface area contributed by atoms with Crippen LogP contribution < -0.4 is 5.73 Å². The molecule has 116 valence electrons. The lowest BCUT2D eigenvalue weighted by molar-refractivity contribution is -0.121. The Morgan fingerprint density at radius 3 is 2.82 bits per heavy atom. The maximum atomic E-state index is 12.9. The van der Waals surface area contributed by atoms with Crippen LogP contribution in [0.2, 0.25) is 0 Å². The summed E-state index contributed by atoms with van der Waals surface area (Å²) in [4.78, 5) is 15.7. The Kier molecular flexibility index (Phi) is 3.59. The quantitative estimate of drug-likeness (QED) is 0.816. The van der Waals surface area contributed by atoms with Gasteiger partial charge in [-0.1, -0.05) is 6.07 Å². The van der Waals surface area contributed by atoms with E-state index in [1.165, 1.54) is 6.07 Å². The summed E-state index contributed by atoms with van der Waals surface area (Å²) in [5.74, 6) is -0.765. The van der Waals surface area contributed by atoms with Gasteiger partial charge in [0.15, 0.2) is 0 Å². The van der Waals surface area contributed by atoms with E-state index in [1.807, 2.05) is 0 Å². The van der Waals surface area contributed by atoms with Crippen molar-refractivity contribution in [3.05, 3.63) is 36.5 Å². The van der Waals surface area contributed by atoms with Crippen LogP contribution in [0.5, 0.6) is 0 Å². The summed E-state index contributed by atoms with van der Waals surface area (Å²) in [6.07, 6.45) is 0.683. The highest BCUT2D eigenvalue weighted by molar-refractivity contribution is 7.89. The first-order valence-electron chi connectivity index (χ1n) is 6.74. The van der Waals surface area contributed by atoms with Gasteiger partial charge in [-0.3, -0.25) is 9.78 Å². The second-order valence-corrected chi connectivity index (χ2v) is 7.07. The summed E-state index contributed by atoms with van der Waals surface area (Å²) in [5.41, 5.74) is 5.81.